The summed E-state index contributed by atoms with van der Waals surface area (Å²) in [6.07, 6.45) is 3.45. The summed E-state index contributed by atoms with van der Waals surface area (Å²) in [5.41, 5.74) is 3.35. The van der Waals surface area contributed by atoms with Gasteiger partial charge in [-0.3, -0.25) is 9.79 Å². The third-order valence-electron chi connectivity index (χ3n) is 6.66. The summed E-state index contributed by atoms with van der Waals surface area (Å²) in [7, 11) is 5.96. The molecule has 9 nitrogen and oxygen atoms in total. The van der Waals surface area contributed by atoms with E-state index in [0.717, 1.165) is 16.7 Å². The fourth-order valence-corrected chi connectivity index (χ4v) is 4.90. The van der Waals surface area contributed by atoms with Gasteiger partial charge in [-0.1, -0.05) is 12.1 Å². The van der Waals surface area contributed by atoms with Gasteiger partial charge in [-0.15, -0.1) is 0 Å². The summed E-state index contributed by atoms with van der Waals surface area (Å²) in [5.74, 6) is 0.788. The standard InChI is InChI=1S/C29H27NO8/c1-33-24-11-17(12-25(34-2)28(24)35-3)26-19-13-23-22(37-15-38-23)10-16(19)9-18(27(26)29(32)36-4)14-30-20-7-5-6-8-21(20)31/h5-14,26-27,31H,15H2,1-4H3/t26-,27-/m1/s1. The molecule has 1 N–H and O–H groups in total. The van der Waals surface area contributed by atoms with Crippen molar-refractivity contribution in [2.75, 3.05) is 35.2 Å². The van der Waals surface area contributed by atoms with Crippen LogP contribution in [0, 0.1) is 5.92 Å². The summed E-state index contributed by atoms with van der Waals surface area (Å²) < 4.78 is 33.3. The zero-order valence-corrected chi connectivity index (χ0v) is 21.4. The predicted octanol–water partition coefficient (Wildman–Crippen LogP) is 4.87. The number of benzene rings is 3. The first-order chi connectivity index (χ1) is 18.5. The molecule has 1 aliphatic heterocycles. The number of esters is 1. The van der Waals surface area contributed by atoms with E-state index in [1.807, 2.05) is 30.3 Å². The Hall–Kier alpha value is -4.66. The summed E-state index contributed by atoms with van der Waals surface area (Å²) in [4.78, 5) is 17.9. The Morgan fingerprint density at radius 1 is 0.974 bits per heavy atom. The van der Waals surface area contributed by atoms with Crippen LogP contribution in [0.3, 0.4) is 0 Å². The molecule has 9 heteroatoms. The second kappa shape index (κ2) is 10.4. The van der Waals surface area contributed by atoms with Gasteiger partial charge in [0.15, 0.2) is 23.0 Å². The van der Waals surface area contributed by atoms with E-state index in [1.165, 1.54) is 28.4 Å². The molecule has 1 aliphatic carbocycles. The van der Waals surface area contributed by atoms with E-state index >= 15 is 0 Å². The van der Waals surface area contributed by atoms with Crippen LogP contribution in [0.2, 0.25) is 0 Å². The number of ether oxygens (including phenoxy) is 6. The summed E-state index contributed by atoms with van der Waals surface area (Å²) in [6, 6.07) is 14.1. The highest BCUT2D eigenvalue weighted by molar-refractivity contribution is 5.98. The van der Waals surface area contributed by atoms with Crippen LogP contribution < -0.4 is 23.7 Å². The molecule has 2 atom stereocenters. The van der Waals surface area contributed by atoms with Gasteiger partial charge in [0.05, 0.1) is 34.4 Å². The number of fused-ring (bicyclic) bond motifs is 2. The molecule has 3 aromatic rings. The fraction of sp³-hybridized carbons (Fsp3) is 0.241. The van der Waals surface area contributed by atoms with Crippen LogP contribution in [0.5, 0.6) is 34.5 Å². The zero-order valence-electron chi connectivity index (χ0n) is 21.4. The Morgan fingerprint density at radius 2 is 1.66 bits per heavy atom. The molecule has 1 heterocycles. The lowest BCUT2D eigenvalue weighted by Gasteiger charge is -2.32. The first-order valence-electron chi connectivity index (χ1n) is 11.8. The van der Waals surface area contributed by atoms with Gasteiger partial charge in [0.1, 0.15) is 11.4 Å². The number of hydrogen-bond acceptors (Lipinski definition) is 9. The van der Waals surface area contributed by atoms with Gasteiger partial charge in [0.25, 0.3) is 0 Å². The maximum absolute atomic E-state index is 13.4. The molecule has 3 aromatic carbocycles. The van der Waals surface area contributed by atoms with Gasteiger partial charge in [-0.25, -0.2) is 0 Å². The minimum absolute atomic E-state index is 0.0275. The van der Waals surface area contributed by atoms with Crippen molar-refractivity contribution < 1.29 is 38.3 Å². The number of methoxy groups -OCH3 is 4. The molecule has 0 spiro atoms. The average molecular weight is 518 g/mol. The van der Waals surface area contributed by atoms with Crippen molar-refractivity contribution in [1.29, 1.82) is 0 Å². The van der Waals surface area contributed by atoms with Crippen LogP contribution in [-0.2, 0) is 9.53 Å². The Labute approximate surface area is 219 Å². The first-order valence-corrected chi connectivity index (χ1v) is 11.8. The minimum atomic E-state index is -0.787. The molecule has 0 saturated carbocycles. The zero-order chi connectivity index (χ0) is 26.8. The second-order valence-electron chi connectivity index (χ2n) is 8.66. The Bertz CT molecular complexity index is 1420. The maximum Gasteiger partial charge on any atom is 0.314 e. The van der Waals surface area contributed by atoms with Gasteiger partial charge in [-0.2, -0.15) is 0 Å². The number of hydrogen-bond donors (Lipinski definition) is 1. The number of rotatable bonds is 7. The van der Waals surface area contributed by atoms with Crippen molar-refractivity contribution in [2.45, 2.75) is 5.92 Å². The molecule has 0 unspecified atom stereocenters. The molecule has 196 valence electrons. The highest BCUT2D eigenvalue weighted by atomic mass is 16.7. The van der Waals surface area contributed by atoms with E-state index in [0.29, 0.717) is 40.0 Å². The predicted molar refractivity (Wildman–Crippen MR) is 140 cm³/mol. The van der Waals surface area contributed by atoms with Gasteiger partial charge in [-0.05, 0) is 64.7 Å². The van der Waals surface area contributed by atoms with E-state index in [4.69, 9.17) is 28.4 Å². The van der Waals surface area contributed by atoms with Gasteiger partial charge < -0.3 is 33.5 Å². The first kappa shape index (κ1) is 25.0. The van der Waals surface area contributed by atoms with Gasteiger partial charge in [0.2, 0.25) is 12.5 Å². The quantitative estimate of drug-likeness (QED) is 0.350. The van der Waals surface area contributed by atoms with Crippen LogP contribution >= 0.6 is 0 Å². The fourth-order valence-electron chi connectivity index (χ4n) is 4.90. The van der Waals surface area contributed by atoms with Crippen LogP contribution in [0.15, 0.2) is 59.1 Å². The lowest BCUT2D eigenvalue weighted by Crippen LogP contribution is -2.30. The smallest absolute Gasteiger partial charge is 0.314 e. The minimum Gasteiger partial charge on any atom is -0.506 e. The van der Waals surface area contributed by atoms with E-state index in [1.54, 1.807) is 30.5 Å². The molecule has 5 rings (SSSR count). The summed E-state index contributed by atoms with van der Waals surface area (Å²) >= 11 is 0. The van der Waals surface area contributed by atoms with E-state index in [-0.39, 0.29) is 12.5 Å². The highest BCUT2D eigenvalue weighted by Gasteiger charge is 2.40. The number of aliphatic imine (C=N–C) groups is 1. The second-order valence-corrected chi connectivity index (χ2v) is 8.66. The normalized spacial score (nSPS) is 17.5. The van der Waals surface area contributed by atoms with Crippen LogP contribution in [0.4, 0.5) is 5.69 Å². The van der Waals surface area contributed by atoms with E-state index in [9.17, 15) is 9.90 Å². The van der Waals surface area contributed by atoms with Crippen LogP contribution in [0.25, 0.3) is 6.08 Å². The Morgan fingerprint density at radius 3 is 2.29 bits per heavy atom. The van der Waals surface area contributed by atoms with Crippen molar-refractivity contribution in [2.24, 2.45) is 10.9 Å². The third kappa shape index (κ3) is 4.36. The number of para-hydroxylation sites is 2. The van der Waals surface area contributed by atoms with E-state index < -0.39 is 17.8 Å². The third-order valence-corrected chi connectivity index (χ3v) is 6.66. The van der Waals surface area contributed by atoms with Crippen LogP contribution in [-0.4, -0.2) is 52.5 Å². The molecular weight excluding hydrogens is 490 g/mol. The number of phenolic OH excluding ortho intramolecular Hbond substituents is 1. The SMILES string of the molecule is COC(=O)[C@@H]1C(C=Nc2ccccc2O)=Cc2cc3c(cc2[C@H]1c1cc(OC)c(OC)c(OC)c1)OCO3. The molecule has 0 aromatic heterocycles. The summed E-state index contributed by atoms with van der Waals surface area (Å²) in [6.45, 7) is 0.110. The molecule has 0 amide bonds. The molecular formula is C29H27NO8. The lowest BCUT2D eigenvalue weighted by molar-refractivity contribution is -0.144. The largest absolute Gasteiger partial charge is 0.506 e. The number of carbonyl (C=O) groups excluding carboxylic acids is 1. The molecule has 2 aliphatic rings. The molecule has 38 heavy (non-hydrogen) atoms. The van der Waals surface area contributed by atoms with E-state index in [2.05, 4.69) is 4.99 Å². The van der Waals surface area contributed by atoms with Crippen molar-refractivity contribution in [3.05, 3.63) is 70.8 Å². The van der Waals surface area contributed by atoms with Crippen LogP contribution in [0.1, 0.15) is 22.6 Å². The molecule has 0 saturated heterocycles. The number of nitrogens with zero attached hydrogens (tertiary/aromatic N) is 1. The number of phenols is 1. The maximum atomic E-state index is 13.4. The lowest BCUT2D eigenvalue weighted by atomic mass is 9.71. The Balaban J connectivity index is 1.74. The number of aromatic hydroxyl groups is 1. The van der Waals surface area contributed by atoms with Gasteiger partial charge >= 0.3 is 5.97 Å². The summed E-state index contributed by atoms with van der Waals surface area (Å²) in [5, 5.41) is 10.2. The molecule has 0 fully saturated rings. The van der Waals surface area contributed by atoms with Crippen molar-refractivity contribution in [1.82, 2.24) is 0 Å². The number of carbonyl (C=O) groups is 1. The van der Waals surface area contributed by atoms with Crippen molar-refractivity contribution >= 4 is 23.9 Å². The molecule has 0 radical (unpaired) electrons. The average Bonchev–Trinajstić information content (AvgIpc) is 3.40. The highest BCUT2D eigenvalue weighted by Crippen LogP contribution is 2.50. The van der Waals surface area contributed by atoms with Crippen molar-refractivity contribution in [3.63, 3.8) is 0 Å². The molecule has 0 bridgehead atoms. The van der Waals surface area contributed by atoms with Gasteiger partial charge in [0, 0.05) is 12.1 Å². The van der Waals surface area contributed by atoms with Crippen molar-refractivity contribution in [3.8, 4) is 34.5 Å². The monoisotopic (exact) mass is 517 g/mol. The Kier molecular flexibility index (Phi) is 6.83. The topological polar surface area (TPSA) is 105 Å².